The fourth-order valence-electron chi connectivity index (χ4n) is 4.10. The Kier molecular flexibility index (Phi) is 6.35. The summed E-state index contributed by atoms with van der Waals surface area (Å²) in [6, 6.07) is 13.4. The summed E-state index contributed by atoms with van der Waals surface area (Å²) in [4.78, 5) is 38.9. The molecule has 166 valence electrons. The van der Waals surface area contributed by atoms with Crippen molar-refractivity contribution in [1.82, 2.24) is 14.9 Å². The van der Waals surface area contributed by atoms with Gasteiger partial charge in [0.1, 0.15) is 5.75 Å². The van der Waals surface area contributed by atoms with Crippen molar-refractivity contribution in [2.45, 2.75) is 26.7 Å². The van der Waals surface area contributed by atoms with Gasteiger partial charge in [-0.25, -0.2) is 9.97 Å². The second-order valence-electron chi connectivity index (χ2n) is 8.12. The second kappa shape index (κ2) is 9.34. The van der Waals surface area contributed by atoms with Crippen LogP contribution in [-0.4, -0.2) is 59.8 Å². The van der Waals surface area contributed by atoms with Crippen molar-refractivity contribution in [3.05, 3.63) is 59.3 Å². The molecule has 3 aromatic rings. The van der Waals surface area contributed by atoms with Crippen molar-refractivity contribution in [2.75, 3.05) is 38.2 Å². The maximum Gasteiger partial charge on any atom is 0.223 e. The largest absolute Gasteiger partial charge is 0.496 e. The number of carbonyl (C=O) groups excluding carboxylic acids is 2. The quantitative estimate of drug-likeness (QED) is 0.555. The van der Waals surface area contributed by atoms with Crippen LogP contribution in [0, 0.1) is 13.8 Å². The van der Waals surface area contributed by atoms with Gasteiger partial charge in [0, 0.05) is 39.0 Å². The van der Waals surface area contributed by atoms with Gasteiger partial charge >= 0.3 is 0 Å². The predicted octanol–water partition coefficient (Wildman–Crippen LogP) is 3.57. The molecule has 7 heteroatoms. The first-order valence-corrected chi connectivity index (χ1v) is 10.9. The van der Waals surface area contributed by atoms with Gasteiger partial charge in [0.15, 0.2) is 11.6 Å². The summed E-state index contributed by atoms with van der Waals surface area (Å²) in [5, 5.41) is 0. The smallest absolute Gasteiger partial charge is 0.223 e. The number of piperazine rings is 1. The second-order valence-corrected chi connectivity index (χ2v) is 8.12. The van der Waals surface area contributed by atoms with Crippen molar-refractivity contribution in [3.63, 3.8) is 0 Å². The molecule has 4 rings (SSSR count). The highest BCUT2D eigenvalue weighted by molar-refractivity contribution is 6.00. The van der Waals surface area contributed by atoms with Crippen molar-refractivity contribution in [3.8, 4) is 5.75 Å². The number of nitrogens with zero attached hydrogens (tertiary/aromatic N) is 4. The number of hydrogen-bond acceptors (Lipinski definition) is 6. The summed E-state index contributed by atoms with van der Waals surface area (Å²) in [7, 11) is 1.55. The Hall–Kier alpha value is -3.48. The number of para-hydroxylation sites is 2. The van der Waals surface area contributed by atoms with Gasteiger partial charge in [-0.05, 0) is 38.1 Å². The van der Waals surface area contributed by atoms with E-state index < -0.39 is 0 Å². The van der Waals surface area contributed by atoms with Crippen LogP contribution in [0.5, 0.6) is 5.75 Å². The molecule has 0 saturated carbocycles. The molecular weight excluding hydrogens is 404 g/mol. The summed E-state index contributed by atoms with van der Waals surface area (Å²) in [5.74, 6) is 1.36. The van der Waals surface area contributed by atoms with E-state index in [9.17, 15) is 9.59 Å². The monoisotopic (exact) mass is 432 g/mol. The van der Waals surface area contributed by atoms with E-state index in [1.165, 1.54) is 0 Å². The van der Waals surface area contributed by atoms with Crippen LogP contribution in [0.1, 0.15) is 34.5 Å². The molecule has 1 aliphatic heterocycles. The molecule has 0 atom stereocenters. The van der Waals surface area contributed by atoms with E-state index in [0.717, 1.165) is 28.1 Å². The van der Waals surface area contributed by atoms with E-state index in [1.54, 1.807) is 13.2 Å². The number of Topliss-reactive ketones (excluding diaryl/α,β-unsaturated/α-hetero) is 1. The van der Waals surface area contributed by atoms with Crippen LogP contribution >= 0.6 is 0 Å². The van der Waals surface area contributed by atoms with Crippen LogP contribution in [-0.2, 0) is 4.79 Å². The van der Waals surface area contributed by atoms with Crippen LogP contribution in [0.25, 0.3) is 11.0 Å². The SMILES string of the molecule is COc1ccc(C)cc1C(=O)CCC(=O)N1CCN(c2nc3ccccc3nc2C)CC1. The van der Waals surface area contributed by atoms with E-state index in [0.29, 0.717) is 37.5 Å². The number of anilines is 1. The lowest BCUT2D eigenvalue weighted by molar-refractivity contribution is -0.131. The molecule has 2 aromatic carbocycles. The molecule has 2 heterocycles. The van der Waals surface area contributed by atoms with Crippen molar-refractivity contribution in [1.29, 1.82) is 0 Å². The fraction of sp³-hybridized carbons (Fsp3) is 0.360. The number of ketones is 1. The molecule has 1 saturated heterocycles. The molecule has 1 aliphatic rings. The number of ether oxygens (including phenoxy) is 1. The molecule has 0 aliphatic carbocycles. The minimum Gasteiger partial charge on any atom is -0.496 e. The summed E-state index contributed by atoms with van der Waals surface area (Å²) >= 11 is 0. The zero-order valence-corrected chi connectivity index (χ0v) is 18.8. The van der Waals surface area contributed by atoms with E-state index >= 15 is 0 Å². The van der Waals surface area contributed by atoms with Crippen LogP contribution < -0.4 is 9.64 Å². The molecule has 0 spiro atoms. The first-order valence-electron chi connectivity index (χ1n) is 10.9. The Morgan fingerprint density at radius 1 is 0.938 bits per heavy atom. The molecule has 0 unspecified atom stereocenters. The van der Waals surface area contributed by atoms with Crippen LogP contribution in [0.2, 0.25) is 0 Å². The third-order valence-electron chi connectivity index (χ3n) is 5.87. The summed E-state index contributed by atoms with van der Waals surface area (Å²) in [6.07, 6.45) is 0.374. The lowest BCUT2D eigenvalue weighted by atomic mass is 10.0. The Morgan fingerprint density at radius 3 is 2.31 bits per heavy atom. The highest BCUT2D eigenvalue weighted by Gasteiger charge is 2.24. The summed E-state index contributed by atoms with van der Waals surface area (Å²) in [6.45, 7) is 6.50. The zero-order chi connectivity index (χ0) is 22.7. The van der Waals surface area contributed by atoms with Gasteiger partial charge in [0.25, 0.3) is 0 Å². The number of hydrogen-bond donors (Lipinski definition) is 0. The lowest BCUT2D eigenvalue weighted by Gasteiger charge is -2.36. The number of benzene rings is 2. The van der Waals surface area contributed by atoms with Gasteiger partial charge in [-0.2, -0.15) is 0 Å². The third-order valence-corrected chi connectivity index (χ3v) is 5.87. The van der Waals surface area contributed by atoms with Gasteiger partial charge < -0.3 is 14.5 Å². The maximum absolute atomic E-state index is 12.7. The molecule has 32 heavy (non-hydrogen) atoms. The van der Waals surface area contributed by atoms with Gasteiger partial charge in [-0.3, -0.25) is 9.59 Å². The lowest BCUT2D eigenvalue weighted by Crippen LogP contribution is -2.49. The van der Waals surface area contributed by atoms with Gasteiger partial charge in [0.2, 0.25) is 5.91 Å². The average Bonchev–Trinajstić information content (AvgIpc) is 2.82. The van der Waals surface area contributed by atoms with Gasteiger partial charge in [-0.1, -0.05) is 23.8 Å². The number of amides is 1. The van der Waals surface area contributed by atoms with E-state index in [4.69, 9.17) is 9.72 Å². The van der Waals surface area contributed by atoms with E-state index in [2.05, 4.69) is 9.88 Å². The molecule has 0 bridgehead atoms. The average molecular weight is 433 g/mol. The predicted molar refractivity (Wildman–Crippen MR) is 124 cm³/mol. The normalized spacial score (nSPS) is 14.0. The topological polar surface area (TPSA) is 75.6 Å². The highest BCUT2D eigenvalue weighted by Crippen LogP contribution is 2.23. The number of rotatable bonds is 6. The summed E-state index contributed by atoms with van der Waals surface area (Å²) in [5.41, 5.74) is 4.18. The number of aryl methyl sites for hydroxylation is 2. The molecule has 1 fully saturated rings. The molecule has 1 aromatic heterocycles. The standard InChI is InChI=1S/C25H28N4O3/c1-17-8-10-23(32-3)19(16-17)22(30)9-11-24(31)28-12-14-29(15-13-28)25-18(2)26-20-6-4-5-7-21(20)27-25/h4-8,10,16H,9,11-15H2,1-3H3. The molecule has 0 radical (unpaired) electrons. The minimum absolute atomic E-state index is 0.00550. The number of aromatic nitrogens is 2. The molecule has 0 N–H and O–H groups in total. The fourth-order valence-corrected chi connectivity index (χ4v) is 4.10. The Morgan fingerprint density at radius 2 is 1.62 bits per heavy atom. The molecule has 1 amide bonds. The van der Waals surface area contributed by atoms with E-state index in [-0.39, 0.29) is 24.5 Å². The molecular formula is C25H28N4O3. The van der Waals surface area contributed by atoms with Crippen molar-refractivity contribution >= 4 is 28.5 Å². The van der Waals surface area contributed by atoms with Crippen molar-refractivity contribution in [2.24, 2.45) is 0 Å². The number of carbonyl (C=O) groups is 2. The number of fused-ring (bicyclic) bond motifs is 1. The van der Waals surface area contributed by atoms with Crippen LogP contribution in [0.4, 0.5) is 5.82 Å². The Balaban J connectivity index is 1.35. The minimum atomic E-state index is -0.0698. The van der Waals surface area contributed by atoms with Crippen LogP contribution in [0.15, 0.2) is 42.5 Å². The number of methoxy groups -OCH3 is 1. The first-order chi connectivity index (χ1) is 15.5. The van der Waals surface area contributed by atoms with Gasteiger partial charge in [0.05, 0.1) is 29.4 Å². The summed E-state index contributed by atoms with van der Waals surface area (Å²) < 4.78 is 5.30. The van der Waals surface area contributed by atoms with E-state index in [1.807, 2.05) is 55.1 Å². The maximum atomic E-state index is 12.7. The Labute approximate surface area is 188 Å². The van der Waals surface area contributed by atoms with Gasteiger partial charge in [-0.15, -0.1) is 0 Å². The highest BCUT2D eigenvalue weighted by atomic mass is 16.5. The van der Waals surface area contributed by atoms with Crippen molar-refractivity contribution < 1.29 is 14.3 Å². The first kappa shape index (κ1) is 21.7. The molecule has 7 nitrogen and oxygen atoms in total. The zero-order valence-electron chi connectivity index (χ0n) is 18.8. The van der Waals surface area contributed by atoms with Crippen LogP contribution in [0.3, 0.4) is 0 Å². The Bertz CT molecular complexity index is 1150. The third kappa shape index (κ3) is 4.56.